The Morgan fingerprint density at radius 3 is 2.63 bits per heavy atom. The molecule has 3 aromatic heterocycles. The molecular formula is C19H24N8. The lowest BCUT2D eigenvalue weighted by molar-refractivity contribution is 0.532. The molecule has 0 unspecified atom stereocenters. The molecular weight excluding hydrogens is 340 g/mol. The number of piperazine rings is 1. The molecule has 0 spiro atoms. The van der Waals surface area contributed by atoms with Crippen LogP contribution in [0.15, 0.2) is 30.9 Å². The van der Waals surface area contributed by atoms with Crippen LogP contribution in [0.4, 0.5) is 17.6 Å². The summed E-state index contributed by atoms with van der Waals surface area (Å²) in [6.07, 6.45) is 12.6. The molecule has 1 saturated heterocycles. The van der Waals surface area contributed by atoms with Crippen molar-refractivity contribution in [3.05, 3.63) is 30.9 Å². The second-order valence-corrected chi connectivity index (χ2v) is 7.26. The highest BCUT2D eigenvalue weighted by Crippen LogP contribution is 2.32. The molecule has 2 fully saturated rings. The second kappa shape index (κ2) is 7.11. The predicted octanol–water partition coefficient (Wildman–Crippen LogP) is 2.49. The number of nitrogens with zero attached hydrogens (tertiary/aromatic N) is 6. The first-order valence-electron chi connectivity index (χ1n) is 9.75. The number of hydrogen-bond acceptors (Lipinski definition) is 7. The summed E-state index contributed by atoms with van der Waals surface area (Å²) in [5, 5.41) is 7.62. The molecule has 140 valence electrons. The first-order valence-corrected chi connectivity index (χ1v) is 9.75. The summed E-state index contributed by atoms with van der Waals surface area (Å²) < 4.78 is 2.30. The monoisotopic (exact) mass is 364 g/mol. The fourth-order valence-electron chi connectivity index (χ4n) is 4.03. The molecule has 4 heterocycles. The van der Waals surface area contributed by atoms with Gasteiger partial charge in [-0.3, -0.25) is 0 Å². The molecule has 27 heavy (non-hydrogen) atoms. The molecule has 0 amide bonds. The molecule has 0 atom stereocenters. The highest BCUT2D eigenvalue weighted by atomic mass is 15.2. The molecule has 0 aromatic carbocycles. The van der Waals surface area contributed by atoms with E-state index >= 15 is 0 Å². The Morgan fingerprint density at radius 1 is 1.00 bits per heavy atom. The van der Waals surface area contributed by atoms with E-state index in [4.69, 9.17) is 4.98 Å². The Bertz CT molecular complexity index is 907. The number of fused-ring (bicyclic) bond motifs is 1. The molecule has 1 saturated carbocycles. The summed E-state index contributed by atoms with van der Waals surface area (Å²) in [6.45, 7) is 3.88. The van der Waals surface area contributed by atoms with Crippen LogP contribution in [-0.2, 0) is 0 Å². The van der Waals surface area contributed by atoms with Crippen LogP contribution >= 0.6 is 0 Å². The summed E-state index contributed by atoms with van der Waals surface area (Å²) in [5.74, 6) is 2.13. The maximum atomic E-state index is 4.74. The fourth-order valence-corrected chi connectivity index (χ4v) is 4.03. The Labute approximate surface area is 158 Å². The van der Waals surface area contributed by atoms with Crippen molar-refractivity contribution in [2.75, 3.05) is 36.4 Å². The highest BCUT2D eigenvalue weighted by Gasteiger charge is 2.19. The van der Waals surface area contributed by atoms with Gasteiger partial charge in [-0.1, -0.05) is 12.8 Å². The molecule has 5 rings (SSSR count). The van der Waals surface area contributed by atoms with Crippen molar-refractivity contribution in [3.63, 3.8) is 0 Å². The number of anilines is 3. The first kappa shape index (κ1) is 16.4. The summed E-state index contributed by atoms with van der Waals surface area (Å²) in [7, 11) is 0. The van der Waals surface area contributed by atoms with Gasteiger partial charge in [-0.25, -0.2) is 15.0 Å². The molecule has 2 N–H and O–H groups in total. The fraction of sp³-hybridized carbons (Fsp3) is 0.474. The number of nitrogens with one attached hydrogen (secondary N) is 2. The van der Waals surface area contributed by atoms with Gasteiger partial charge < -0.3 is 20.1 Å². The van der Waals surface area contributed by atoms with Crippen molar-refractivity contribution in [3.8, 4) is 0 Å². The summed E-state index contributed by atoms with van der Waals surface area (Å²) in [5.41, 5.74) is 0.991. The highest BCUT2D eigenvalue weighted by molar-refractivity contribution is 5.76. The van der Waals surface area contributed by atoms with Gasteiger partial charge >= 0.3 is 0 Å². The van der Waals surface area contributed by atoms with Crippen molar-refractivity contribution >= 4 is 28.6 Å². The first-order chi connectivity index (χ1) is 13.4. The third-order valence-electron chi connectivity index (χ3n) is 5.49. The Morgan fingerprint density at radius 2 is 1.85 bits per heavy atom. The van der Waals surface area contributed by atoms with Crippen LogP contribution in [0.1, 0.15) is 31.7 Å². The van der Waals surface area contributed by atoms with Crippen LogP contribution in [0, 0.1) is 0 Å². The van der Waals surface area contributed by atoms with E-state index in [1.54, 1.807) is 6.20 Å². The standard InChI is InChI=1S/C19H24N8/c1-2-4-15(3-1)27-8-5-14-11-23-19(25-18(14)27)24-16-12-22-17(13-21-16)26-9-6-20-7-10-26/h5,8,11-13,15,20H,1-4,6-7,9-10H2,(H,21,23,24,25). The van der Waals surface area contributed by atoms with Crippen LogP contribution in [0.5, 0.6) is 0 Å². The number of hydrogen-bond donors (Lipinski definition) is 2. The summed E-state index contributed by atoms with van der Waals surface area (Å²) in [4.78, 5) is 20.5. The number of aromatic nitrogens is 5. The third kappa shape index (κ3) is 3.32. The van der Waals surface area contributed by atoms with E-state index in [0.717, 1.165) is 43.0 Å². The van der Waals surface area contributed by atoms with Crippen LogP contribution in [0.2, 0.25) is 0 Å². The van der Waals surface area contributed by atoms with E-state index in [-0.39, 0.29) is 0 Å². The zero-order valence-corrected chi connectivity index (χ0v) is 15.3. The van der Waals surface area contributed by atoms with Gasteiger partial charge in [-0.05, 0) is 18.9 Å². The molecule has 2 aliphatic rings. The van der Waals surface area contributed by atoms with Gasteiger partial charge in [0.1, 0.15) is 11.5 Å². The van der Waals surface area contributed by atoms with Crippen molar-refractivity contribution in [1.29, 1.82) is 0 Å². The maximum Gasteiger partial charge on any atom is 0.230 e. The molecule has 0 bridgehead atoms. The van der Waals surface area contributed by atoms with Crippen molar-refractivity contribution in [2.45, 2.75) is 31.7 Å². The minimum absolute atomic E-state index is 0.559. The van der Waals surface area contributed by atoms with Gasteiger partial charge in [-0.15, -0.1) is 0 Å². The molecule has 3 aromatic rings. The third-order valence-corrected chi connectivity index (χ3v) is 5.49. The van der Waals surface area contributed by atoms with Crippen molar-refractivity contribution in [2.24, 2.45) is 0 Å². The Balaban J connectivity index is 1.35. The molecule has 8 nitrogen and oxygen atoms in total. The Hall–Kier alpha value is -2.74. The lowest BCUT2D eigenvalue weighted by Gasteiger charge is -2.28. The molecule has 1 aliphatic carbocycles. The normalized spacial score (nSPS) is 18.3. The maximum absolute atomic E-state index is 4.74. The van der Waals surface area contributed by atoms with Crippen LogP contribution in [0.25, 0.3) is 11.0 Å². The zero-order valence-electron chi connectivity index (χ0n) is 15.3. The van der Waals surface area contributed by atoms with Gasteiger partial charge in [0.25, 0.3) is 0 Å². The van der Waals surface area contributed by atoms with E-state index < -0.39 is 0 Å². The minimum Gasteiger partial charge on any atom is -0.353 e. The Kier molecular flexibility index (Phi) is 4.33. The minimum atomic E-state index is 0.559. The molecule has 0 radical (unpaired) electrons. The van der Waals surface area contributed by atoms with Gasteiger partial charge in [0.15, 0.2) is 5.82 Å². The van der Waals surface area contributed by atoms with Gasteiger partial charge in [-0.2, -0.15) is 4.98 Å². The smallest absolute Gasteiger partial charge is 0.230 e. The summed E-state index contributed by atoms with van der Waals surface area (Å²) >= 11 is 0. The average Bonchev–Trinajstić information content (AvgIpc) is 3.38. The number of rotatable bonds is 4. The predicted molar refractivity (Wildman–Crippen MR) is 105 cm³/mol. The largest absolute Gasteiger partial charge is 0.353 e. The topological polar surface area (TPSA) is 83.8 Å². The van der Waals surface area contributed by atoms with Crippen molar-refractivity contribution < 1.29 is 0 Å². The quantitative estimate of drug-likeness (QED) is 0.736. The lowest BCUT2D eigenvalue weighted by Crippen LogP contribution is -2.43. The second-order valence-electron chi connectivity index (χ2n) is 7.26. The zero-order chi connectivity index (χ0) is 18.1. The molecule has 1 aliphatic heterocycles. The average molecular weight is 364 g/mol. The van der Waals surface area contributed by atoms with Gasteiger partial charge in [0.05, 0.1) is 12.4 Å². The molecule has 8 heteroatoms. The SMILES string of the molecule is c1nc(N2CCNCC2)cnc1Nc1ncc2ccn(C3CCCC3)c2n1. The van der Waals surface area contributed by atoms with Gasteiger partial charge in [0.2, 0.25) is 5.95 Å². The van der Waals surface area contributed by atoms with Crippen LogP contribution in [0.3, 0.4) is 0 Å². The van der Waals surface area contributed by atoms with E-state index in [0.29, 0.717) is 17.8 Å². The van der Waals surface area contributed by atoms with E-state index in [9.17, 15) is 0 Å². The lowest BCUT2D eigenvalue weighted by atomic mass is 10.2. The van der Waals surface area contributed by atoms with Gasteiger partial charge in [0, 0.05) is 50.0 Å². The van der Waals surface area contributed by atoms with Crippen LogP contribution in [-0.4, -0.2) is 50.7 Å². The van der Waals surface area contributed by atoms with E-state index in [1.807, 2.05) is 12.4 Å². The van der Waals surface area contributed by atoms with E-state index in [2.05, 4.69) is 47.3 Å². The van der Waals surface area contributed by atoms with Crippen molar-refractivity contribution in [1.82, 2.24) is 29.8 Å². The van der Waals surface area contributed by atoms with E-state index in [1.165, 1.54) is 25.7 Å². The van der Waals surface area contributed by atoms with Crippen LogP contribution < -0.4 is 15.5 Å². The summed E-state index contributed by atoms with van der Waals surface area (Å²) in [6, 6.07) is 2.66.